The number of aliphatic hydroxyl groups excluding tert-OH is 1. The van der Waals surface area contributed by atoms with Crippen molar-refractivity contribution < 1.29 is 14.6 Å². The quantitative estimate of drug-likeness (QED) is 0.582. The van der Waals surface area contributed by atoms with E-state index in [1.165, 1.54) is 0 Å². The van der Waals surface area contributed by atoms with E-state index in [0.29, 0.717) is 37.6 Å². The summed E-state index contributed by atoms with van der Waals surface area (Å²) in [6.45, 7) is 2.95. The molecule has 0 aliphatic heterocycles. The molecule has 0 saturated carbocycles. The summed E-state index contributed by atoms with van der Waals surface area (Å²) in [5, 5.41) is 9.17. The van der Waals surface area contributed by atoms with Crippen molar-refractivity contribution >= 4 is 23.7 Å². The van der Waals surface area contributed by atoms with Gasteiger partial charge in [-0.2, -0.15) is 0 Å². The van der Waals surface area contributed by atoms with Gasteiger partial charge < -0.3 is 14.7 Å². The van der Waals surface area contributed by atoms with Crippen LogP contribution in [0.25, 0.3) is 0 Å². The van der Waals surface area contributed by atoms with Crippen molar-refractivity contribution in [1.29, 1.82) is 0 Å². The lowest BCUT2D eigenvalue weighted by Crippen LogP contribution is -2.32. The zero-order valence-corrected chi connectivity index (χ0v) is 11.1. The number of aldehydes is 1. The molecule has 0 bridgehead atoms. The number of aromatic nitrogens is 2. The first-order chi connectivity index (χ1) is 8.63. The Morgan fingerprint density at radius 2 is 2.17 bits per heavy atom. The van der Waals surface area contributed by atoms with Crippen LogP contribution in [0.5, 0.6) is 0 Å². The van der Waals surface area contributed by atoms with E-state index >= 15 is 0 Å². The van der Waals surface area contributed by atoms with Gasteiger partial charge in [-0.1, -0.05) is 11.6 Å². The van der Waals surface area contributed by atoms with E-state index in [1.54, 1.807) is 18.9 Å². The van der Waals surface area contributed by atoms with Crippen molar-refractivity contribution in [3.05, 3.63) is 16.5 Å². The zero-order valence-electron chi connectivity index (χ0n) is 10.4. The van der Waals surface area contributed by atoms with Crippen molar-refractivity contribution in [2.45, 2.75) is 6.92 Å². The van der Waals surface area contributed by atoms with Gasteiger partial charge in [-0.3, -0.25) is 4.79 Å². The smallest absolute Gasteiger partial charge is 0.156 e. The second-order valence-electron chi connectivity index (χ2n) is 3.62. The molecule has 1 rings (SSSR count). The summed E-state index contributed by atoms with van der Waals surface area (Å²) < 4.78 is 4.99. The highest BCUT2D eigenvalue weighted by Crippen LogP contribution is 2.22. The van der Waals surface area contributed by atoms with Crippen LogP contribution in [0.1, 0.15) is 16.2 Å². The molecule has 1 N–H and O–H groups in total. The topological polar surface area (TPSA) is 75.6 Å². The predicted octanol–water partition coefficient (Wildman–Crippen LogP) is 0.696. The fraction of sp³-hybridized carbons (Fsp3) is 0.545. The molecule has 0 fully saturated rings. The maximum Gasteiger partial charge on any atom is 0.156 e. The lowest BCUT2D eigenvalue weighted by molar-refractivity contribution is 0.112. The van der Waals surface area contributed by atoms with Gasteiger partial charge in [-0.05, 0) is 6.92 Å². The summed E-state index contributed by atoms with van der Waals surface area (Å²) in [5.74, 6) is 0.898. The average Bonchev–Trinajstić information content (AvgIpc) is 2.33. The van der Waals surface area contributed by atoms with Gasteiger partial charge in [-0.15, -0.1) is 0 Å². The van der Waals surface area contributed by atoms with E-state index in [0.717, 1.165) is 0 Å². The number of methoxy groups -OCH3 is 1. The van der Waals surface area contributed by atoms with Crippen LogP contribution in [-0.4, -0.2) is 54.8 Å². The maximum atomic E-state index is 11.1. The van der Waals surface area contributed by atoms with Crippen LogP contribution in [0.4, 0.5) is 5.82 Å². The molecule has 0 radical (unpaired) electrons. The minimum atomic E-state index is -0.0529. The number of rotatable bonds is 7. The third-order valence-electron chi connectivity index (χ3n) is 2.34. The molecule has 7 heteroatoms. The molecule has 1 aromatic rings. The summed E-state index contributed by atoms with van der Waals surface area (Å²) in [7, 11) is 1.58. The zero-order chi connectivity index (χ0) is 13.5. The van der Waals surface area contributed by atoms with Gasteiger partial charge in [0.25, 0.3) is 0 Å². The van der Waals surface area contributed by atoms with Gasteiger partial charge in [-0.25, -0.2) is 9.97 Å². The van der Waals surface area contributed by atoms with E-state index < -0.39 is 0 Å². The molecule has 1 aromatic heterocycles. The normalized spacial score (nSPS) is 10.4. The first-order valence-corrected chi connectivity index (χ1v) is 5.85. The number of halogens is 1. The third kappa shape index (κ3) is 3.63. The Hall–Kier alpha value is -1.24. The lowest BCUT2D eigenvalue weighted by atomic mass is 10.3. The van der Waals surface area contributed by atoms with Crippen molar-refractivity contribution in [3.8, 4) is 0 Å². The lowest BCUT2D eigenvalue weighted by Gasteiger charge is -2.24. The van der Waals surface area contributed by atoms with Crippen molar-refractivity contribution in [2.24, 2.45) is 0 Å². The Labute approximate surface area is 111 Å². The van der Waals surface area contributed by atoms with Gasteiger partial charge in [0.05, 0.1) is 18.8 Å². The summed E-state index contributed by atoms with van der Waals surface area (Å²) in [5.41, 5.74) is 0.229. The number of carbonyl (C=O) groups is 1. The molecule has 0 spiro atoms. The molecule has 1 heterocycles. The number of hydrogen-bond donors (Lipinski definition) is 1. The highest BCUT2D eigenvalue weighted by atomic mass is 35.5. The fourth-order valence-electron chi connectivity index (χ4n) is 1.52. The number of ether oxygens (including phenoxy) is 1. The summed E-state index contributed by atoms with van der Waals surface area (Å²) in [6, 6.07) is 0. The first kappa shape index (κ1) is 14.8. The van der Waals surface area contributed by atoms with E-state index in [2.05, 4.69) is 9.97 Å². The van der Waals surface area contributed by atoms with Crippen LogP contribution in [0, 0.1) is 6.92 Å². The van der Waals surface area contributed by atoms with Crippen LogP contribution in [0.2, 0.25) is 5.15 Å². The van der Waals surface area contributed by atoms with Gasteiger partial charge in [0.1, 0.15) is 16.8 Å². The highest BCUT2D eigenvalue weighted by Gasteiger charge is 2.17. The Morgan fingerprint density at radius 3 is 2.72 bits per heavy atom. The van der Waals surface area contributed by atoms with E-state index in [1.807, 2.05) is 0 Å². The standard InChI is InChI=1S/C11H16ClN3O3/c1-8-13-10(12)9(7-17)11(14-8)15(3-5-16)4-6-18-2/h7,16H,3-6H2,1-2H3. The van der Waals surface area contributed by atoms with Crippen molar-refractivity contribution in [1.82, 2.24) is 9.97 Å². The number of aryl methyl sites for hydroxylation is 1. The number of hydrogen-bond acceptors (Lipinski definition) is 6. The molecule has 0 atom stereocenters. The van der Waals surface area contributed by atoms with Gasteiger partial charge in [0.15, 0.2) is 6.29 Å². The summed E-state index contributed by atoms with van der Waals surface area (Å²) in [4.78, 5) is 20.9. The largest absolute Gasteiger partial charge is 0.395 e. The van der Waals surface area contributed by atoms with Crippen LogP contribution in [-0.2, 0) is 4.74 Å². The Kier molecular flexibility index (Phi) is 5.97. The van der Waals surface area contributed by atoms with Crippen LogP contribution < -0.4 is 4.90 Å². The van der Waals surface area contributed by atoms with E-state index in [9.17, 15) is 4.79 Å². The van der Waals surface area contributed by atoms with E-state index in [4.69, 9.17) is 21.4 Å². The molecule has 6 nitrogen and oxygen atoms in total. The number of anilines is 1. The molecule has 100 valence electrons. The molecule has 0 aliphatic carbocycles. The van der Waals surface area contributed by atoms with Crippen LogP contribution >= 0.6 is 11.6 Å². The Balaban J connectivity index is 3.12. The van der Waals surface area contributed by atoms with Crippen LogP contribution in [0.3, 0.4) is 0 Å². The third-order valence-corrected chi connectivity index (χ3v) is 2.63. The number of nitrogens with zero attached hydrogens (tertiary/aromatic N) is 3. The molecule has 0 unspecified atom stereocenters. The van der Waals surface area contributed by atoms with E-state index in [-0.39, 0.29) is 17.3 Å². The molecule has 0 amide bonds. The maximum absolute atomic E-state index is 11.1. The summed E-state index contributed by atoms with van der Waals surface area (Å²) >= 11 is 5.91. The predicted molar refractivity (Wildman–Crippen MR) is 68.3 cm³/mol. The van der Waals surface area contributed by atoms with Crippen molar-refractivity contribution in [3.63, 3.8) is 0 Å². The van der Waals surface area contributed by atoms with Crippen molar-refractivity contribution in [2.75, 3.05) is 38.3 Å². The fourth-order valence-corrected chi connectivity index (χ4v) is 1.77. The van der Waals surface area contributed by atoms with Gasteiger partial charge >= 0.3 is 0 Å². The molecule has 0 aliphatic rings. The minimum absolute atomic E-state index is 0.0529. The summed E-state index contributed by atoms with van der Waals surface area (Å²) in [6.07, 6.45) is 0.619. The molecular formula is C11H16ClN3O3. The average molecular weight is 274 g/mol. The second kappa shape index (κ2) is 7.25. The van der Waals surface area contributed by atoms with Gasteiger partial charge in [0, 0.05) is 20.2 Å². The van der Waals surface area contributed by atoms with Gasteiger partial charge in [0.2, 0.25) is 0 Å². The molecule has 18 heavy (non-hydrogen) atoms. The molecule has 0 aromatic carbocycles. The Bertz CT molecular complexity index is 415. The number of carbonyl (C=O) groups excluding carboxylic acids is 1. The monoisotopic (exact) mass is 273 g/mol. The molecular weight excluding hydrogens is 258 g/mol. The minimum Gasteiger partial charge on any atom is -0.395 e. The highest BCUT2D eigenvalue weighted by molar-refractivity contribution is 6.32. The second-order valence-corrected chi connectivity index (χ2v) is 3.98. The van der Waals surface area contributed by atoms with Crippen LogP contribution in [0.15, 0.2) is 0 Å². The molecule has 0 saturated heterocycles. The SMILES string of the molecule is COCCN(CCO)c1nc(C)nc(Cl)c1C=O. The first-order valence-electron chi connectivity index (χ1n) is 5.48. The number of aliphatic hydroxyl groups is 1. The Morgan fingerprint density at radius 1 is 1.44 bits per heavy atom.